The van der Waals surface area contributed by atoms with Gasteiger partial charge in [-0.2, -0.15) is 0 Å². The number of para-hydroxylation sites is 1. The summed E-state index contributed by atoms with van der Waals surface area (Å²) in [6, 6.07) is 8.66. The van der Waals surface area contributed by atoms with Gasteiger partial charge < -0.3 is 23.6 Å². The molecule has 1 N–H and O–H groups in total. The SMILES string of the molecule is COCc1cc(=O)c(O)c(C(CC(=O)OC)c2cc3cccc4c3n(c2=O)CCC4)o1. The van der Waals surface area contributed by atoms with Gasteiger partial charge in [-0.15, -0.1) is 0 Å². The van der Waals surface area contributed by atoms with Crippen LogP contribution >= 0.6 is 0 Å². The lowest BCUT2D eigenvalue weighted by molar-refractivity contribution is -0.140. The van der Waals surface area contributed by atoms with E-state index in [0.717, 1.165) is 35.4 Å². The number of methoxy groups -OCH3 is 2. The summed E-state index contributed by atoms with van der Waals surface area (Å²) in [5, 5.41) is 11.3. The van der Waals surface area contributed by atoms with Crippen molar-refractivity contribution >= 4 is 16.9 Å². The fourth-order valence-corrected chi connectivity index (χ4v) is 4.23. The van der Waals surface area contributed by atoms with E-state index in [1.807, 2.05) is 18.2 Å². The number of nitrogens with zero attached hydrogens (tertiary/aromatic N) is 1. The number of ether oxygens (including phenoxy) is 2. The van der Waals surface area contributed by atoms with Gasteiger partial charge in [0.1, 0.15) is 12.4 Å². The summed E-state index contributed by atoms with van der Waals surface area (Å²) in [7, 11) is 2.68. The van der Waals surface area contributed by atoms with Crippen molar-refractivity contribution in [3.8, 4) is 5.75 Å². The van der Waals surface area contributed by atoms with E-state index in [0.29, 0.717) is 6.54 Å². The van der Waals surface area contributed by atoms with Crippen molar-refractivity contribution in [2.75, 3.05) is 14.2 Å². The second-order valence-electron chi connectivity index (χ2n) is 7.57. The molecule has 1 unspecified atom stereocenters. The minimum atomic E-state index is -0.997. The van der Waals surface area contributed by atoms with Crippen LogP contribution in [0.2, 0.25) is 0 Å². The number of carbonyl (C=O) groups excluding carboxylic acids is 1. The van der Waals surface area contributed by atoms with Crippen LogP contribution < -0.4 is 11.0 Å². The molecule has 1 atom stereocenters. The third-order valence-corrected chi connectivity index (χ3v) is 5.63. The molecule has 1 aromatic carbocycles. The Morgan fingerprint density at radius 2 is 2.06 bits per heavy atom. The Bertz CT molecular complexity index is 1270. The largest absolute Gasteiger partial charge is 0.502 e. The van der Waals surface area contributed by atoms with Gasteiger partial charge in [0.2, 0.25) is 11.2 Å². The van der Waals surface area contributed by atoms with Gasteiger partial charge in [0.15, 0.2) is 5.76 Å². The fourth-order valence-electron chi connectivity index (χ4n) is 4.23. The van der Waals surface area contributed by atoms with E-state index in [1.54, 1.807) is 10.6 Å². The van der Waals surface area contributed by atoms with E-state index in [2.05, 4.69) is 0 Å². The van der Waals surface area contributed by atoms with Gasteiger partial charge in [0.25, 0.3) is 5.56 Å². The van der Waals surface area contributed by atoms with E-state index >= 15 is 0 Å². The van der Waals surface area contributed by atoms with Crippen LogP contribution in [0.15, 0.2) is 44.3 Å². The molecule has 0 aliphatic carbocycles. The third-order valence-electron chi connectivity index (χ3n) is 5.63. The Morgan fingerprint density at radius 1 is 1.26 bits per heavy atom. The molecule has 0 saturated heterocycles. The number of hydrogen-bond acceptors (Lipinski definition) is 7. The topological polar surface area (TPSA) is 108 Å². The van der Waals surface area contributed by atoms with Gasteiger partial charge in [-0.25, -0.2) is 0 Å². The molecule has 0 bridgehead atoms. The molecule has 0 saturated carbocycles. The monoisotopic (exact) mass is 425 g/mol. The zero-order valence-electron chi connectivity index (χ0n) is 17.3. The zero-order valence-corrected chi connectivity index (χ0v) is 17.3. The first-order valence-electron chi connectivity index (χ1n) is 10.0. The first kappa shape index (κ1) is 20.9. The van der Waals surface area contributed by atoms with E-state index < -0.39 is 23.1 Å². The highest BCUT2D eigenvalue weighted by Crippen LogP contribution is 2.34. The maximum absolute atomic E-state index is 13.5. The number of esters is 1. The molecule has 1 aliphatic heterocycles. The van der Waals surface area contributed by atoms with Crippen molar-refractivity contribution in [3.05, 3.63) is 73.6 Å². The molecule has 0 amide bonds. The van der Waals surface area contributed by atoms with E-state index in [1.165, 1.54) is 14.2 Å². The summed E-state index contributed by atoms with van der Waals surface area (Å²) in [5.74, 6) is -2.21. The molecule has 0 radical (unpaired) electrons. The summed E-state index contributed by atoms with van der Waals surface area (Å²) in [5.41, 5.74) is 1.26. The molecule has 2 aromatic heterocycles. The molecule has 0 spiro atoms. The van der Waals surface area contributed by atoms with Crippen molar-refractivity contribution in [2.45, 2.75) is 38.3 Å². The normalized spacial score (nSPS) is 13.9. The quantitative estimate of drug-likeness (QED) is 0.605. The lowest BCUT2D eigenvalue weighted by Crippen LogP contribution is -2.30. The third kappa shape index (κ3) is 3.74. The summed E-state index contributed by atoms with van der Waals surface area (Å²) in [4.78, 5) is 38.0. The van der Waals surface area contributed by atoms with Gasteiger partial charge in [-0.05, 0) is 29.9 Å². The zero-order chi connectivity index (χ0) is 22.1. The average molecular weight is 425 g/mol. The van der Waals surface area contributed by atoms with E-state index in [4.69, 9.17) is 13.9 Å². The van der Waals surface area contributed by atoms with Crippen LogP contribution in [0.25, 0.3) is 10.9 Å². The standard InChI is InChI=1S/C23H23NO7/c1-29-12-15-10-18(25)21(27)22(31-15)16(11-19(26)30-2)17-9-14-6-3-5-13-7-4-8-24(20(13)14)23(17)28/h3,5-6,9-10,16,27H,4,7-8,11-12H2,1-2H3. The molecule has 162 valence electrons. The first-order chi connectivity index (χ1) is 14.9. The lowest BCUT2D eigenvalue weighted by atomic mass is 9.90. The minimum Gasteiger partial charge on any atom is -0.502 e. The second kappa shape index (κ2) is 8.39. The molecule has 4 rings (SSSR count). The number of carbonyl (C=O) groups is 1. The maximum Gasteiger partial charge on any atom is 0.306 e. The van der Waals surface area contributed by atoms with Gasteiger partial charge in [-0.1, -0.05) is 18.2 Å². The fraction of sp³-hybridized carbons (Fsp3) is 0.348. The molecule has 31 heavy (non-hydrogen) atoms. The minimum absolute atomic E-state index is 0.00121. The van der Waals surface area contributed by atoms with Crippen molar-refractivity contribution in [1.29, 1.82) is 0 Å². The molecule has 3 aromatic rings. The first-order valence-corrected chi connectivity index (χ1v) is 10.0. The number of aromatic nitrogens is 1. The number of hydrogen-bond donors (Lipinski definition) is 1. The Balaban J connectivity index is 1.98. The van der Waals surface area contributed by atoms with Crippen LogP contribution in [-0.2, 0) is 33.8 Å². The molecule has 8 heteroatoms. The Morgan fingerprint density at radius 3 is 2.81 bits per heavy atom. The highest BCUT2D eigenvalue weighted by molar-refractivity contribution is 5.84. The number of pyridine rings is 1. The van der Waals surface area contributed by atoms with E-state index in [9.17, 15) is 19.5 Å². The molecular weight excluding hydrogens is 402 g/mol. The van der Waals surface area contributed by atoms with Crippen LogP contribution in [0.3, 0.4) is 0 Å². The van der Waals surface area contributed by atoms with Crippen LogP contribution in [0.5, 0.6) is 5.75 Å². The average Bonchev–Trinajstić information content (AvgIpc) is 2.77. The highest BCUT2D eigenvalue weighted by atomic mass is 16.5. The van der Waals surface area contributed by atoms with Crippen molar-refractivity contribution in [1.82, 2.24) is 4.57 Å². The van der Waals surface area contributed by atoms with Gasteiger partial charge in [-0.3, -0.25) is 14.4 Å². The van der Waals surface area contributed by atoms with Gasteiger partial charge in [0.05, 0.1) is 25.0 Å². The van der Waals surface area contributed by atoms with Crippen LogP contribution in [-0.4, -0.2) is 29.9 Å². The molecule has 1 aliphatic rings. The molecule has 8 nitrogen and oxygen atoms in total. The molecule has 3 heterocycles. The Labute approximate surface area is 177 Å². The van der Waals surface area contributed by atoms with Gasteiger partial charge in [0, 0.05) is 25.3 Å². The Kier molecular flexibility index (Phi) is 5.65. The second-order valence-corrected chi connectivity index (χ2v) is 7.57. The van der Waals surface area contributed by atoms with Crippen LogP contribution in [0, 0.1) is 0 Å². The van der Waals surface area contributed by atoms with Crippen molar-refractivity contribution in [3.63, 3.8) is 0 Å². The van der Waals surface area contributed by atoms with Gasteiger partial charge >= 0.3 is 5.97 Å². The summed E-state index contributed by atoms with van der Waals surface area (Å²) in [6.07, 6.45) is 1.43. The molecule has 0 fully saturated rings. The van der Waals surface area contributed by atoms with Crippen LogP contribution in [0.4, 0.5) is 0 Å². The maximum atomic E-state index is 13.5. The molecular formula is C23H23NO7. The predicted octanol–water partition coefficient (Wildman–Crippen LogP) is 2.45. The Hall–Kier alpha value is -3.39. The number of aryl methyl sites for hydroxylation is 2. The predicted molar refractivity (Wildman–Crippen MR) is 112 cm³/mol. The van der Waals surface area contributed by atoms with Crippen LogP contribution in [0.1, 0.15) is 41.4 Å². The smallest absolute Gasteiger partial charge is 0.306 e. The highest BCUT2D eigenvalue weighted by Gasteiger charge is 2.30. The number of benzene rings is 1. The lowest BCUT2D eigenvalue weighted by Gasteiger charge is -2.23. The summed E-state index contributed by atoms with van der Waals surface area (Å²) >= 11 is 0. The summed E-state index contributed by atoms with van der Waals surface area (Å²) < 4.78 is 17.3. The van der Waals surface area contributed by atoms with Crippen molar-refractivity contribution < 1.29 is 23.8 Å². The van der Waals surface area contributed by atoms with Crippen molar-refractivity contribution in [2.24, 2.45) is 0 Å². The number of aromatic hydroxyl groups is 1. The summed E-state index contributed by atoms with van der Waals surface area (Å²) in [6.45, 7) is 0.545. The van der Waals surface area contributed by atoms with E-state index in [-0.39, 0.29) is 35.7 Å². The number of rotatable bonds is 6.